The van der Waals surface area contributed by atoms with Crippen molar-refractivity contribution >= 4 is 18.3 Å². The van der Waals surface area contributed by atoms with Crippen LogP contribution in [0, 0.1) is 11.8 Å². The molecule has 0 aromatic carbocycles. The Hall–Kier alpha value is -1.07. The highest BCUT2D eigenvalue weighted by Crippen LogP contribution is 2.39. The third-order valence-electron chi connectivity index (χ3n) is 5.04. The van der Waals surface area contributed by atoms with Crippen LogP contribution in [0.25, 0.3) is 0 Å². The van der Waals surface area contributed by atoms with E-state index in [9.17, 15) is 4.79 Å². The lowest BCUT2D eigenvalue weighted by Crippen LogP contribution is -2.53. The average Bonchev–Trinajstić information content (AvgIpc) is 2.89. The molecule has 3 N–H and O–H groups in total. The maximum absolute atomic E-state index is 12.4. The summed E-state index contributed by atoms with van der Waals surface area (Å²) >= 11 is 0. The second kappa shape index (κ2) is 7.01. The number of carbonyl (C=O) groups is 1. The normalized spacial score (nSPS) is 30.7. The Kier molecular flexibility index (Phi) is 5.50. The molecule has 124 valence electrons. The lowest BCUT2D eigenvalue weighted by molar-refractivity contribution is 0.0751. The third kappa shape index (κ3) is 3.46. The van der Waals surface area contributed by atoms with Crippen LogP contribution < -0.4 is 11.1 Å². The van der Waals surface area contributed by atoms with Gasteiger partial charge in [0.15, 0.2) is 0 Å². The second-order valence-corrected chi connectivity index (χ2v) is 6.96. The van der Waals surface area contributed by atoms with Crippen molar-refractivity contribution in [2.24, 2.45) is 17.6 Å². The fourth-order valence-electron chi connectivity index (χ4n) is 4.00. The first kappa shape index (κ1) is 17.3. The van der Waals surface area contributed by atoms with Crippen molar-refractivity contribution in [3.8, 4) is 0 Å². The minimum absolute atomic E-state index is 0. The molecule has 2 aliphatic carbocycles. The predicted molar refractivity (Wildman–Crippen MR) is 89.2 cm³/mol. The van der Waals surface area contributed by atoms with Crippen molar-refractivity contribution in [3.63, 3.8) is 0 Å². The van der Waals surface area contributed by atoms with Crippen LogP contribution in [0.3, 0.4) is 0 Å². The monoisotopic (exact) mass is 326 g/mol. The Morgan fingerprint density at radius 2 is 2.00 bits per heavy atom. The van der Waals surface area contributed by atoms with Gasteiger partial charge in [-0.1, -0.05) is 6.42 Å². The van der Waals surface area contributed by atoms with Crippen molar-refractivity contribution in [1.82, 2.24) is 15.1 Å². The summed E-state index contributed by atoms with van der Waals surface area (Å²) in [4.78, 5) is 12.4. The SMILES string of the molecule is CC(C)n1ccc(C(=O)NC2C3CCCC2CC(N)C3)n1.Cl. The summed E-state index contributed by atoms with van der Waals surface area (Å²) in [5, 5.41) is 7.60. The van der Waals surface area contributed by atoms with Crippen LogP contribution in [0.5, 0.6) is 0 Å². The Labute approximate surface area is 138 Å². The van der Waals surface area contributed by atoms with Crippen LogP contribution >= 0.6 is 12.4 Å². The van der Waals surface area contributed by atoms with E-state index < -0.39 is 0 Å². The molecule has 3 rings (SSSR count). The van der Waals surface area contributed by atoms with Gasteiger partial charge >= 0.3 is 0 Å². The van der Waals surface area contributed by atoms with Gasteiger partial charge in [-0.15, -0.1) is 12.4 Å². The number of aromatic nitrogens is 2. The first-order chi connectivity index (χ1) is 10.0. The van der Waals surface area contributed by atoms with Crippen molar-refractivity contribution in [3.05, 3.63) is 18.0 Å². The molecule has 2 atom stereocenters. The van der Waals surface area contributed by atoms with Gasteiger partial charge in [-0.25, -0.2) is 0 Å². The largest absolute Gasteiger partial charge is 0.347 e. The van der Waals surface area contributed by atoms with Gasteiger partial charge in [-0.3, -0.25) is 9.48 Å². The van der Waals surface area contributed by atoms with Crippen LogP contribution in [0.2, 0.25) is 0 Å². The van der Waals surface area contributed by atoms with Crippen LogP contribution in [0.4, 0.5) is 0 Å². The molecule has 2 aliphatic rings. The highest BCUT2D eigenvalue weighted by Gasteiger charge is 2.40. The molecule has 5 nitrogen and oxygen atoms in total. The quantitative estimate of drug-likeness (QED) is 0.896. The van der Waals surface area contributed by atoms with Crippen LogP contribution in [-0.4, -0.2) is 27.8 Å². The van der Waals surface area contributed by atoms with E-state index in [-0.39, 0.29) is 30.4 Å². The summed E-state index contributed by atoms with van der Waals surface area (Å²) in [5.74, 6) is 1.05. The first-order valence-electron chi connectivity index (χ1n) is 8.16. The molecule has 2 saturated carbocycles. The van der Waals surface area contributed by atoms with Gasteiger partial charge in [0.2, 0.25) is 0 Å². The van der Waals surface area contributed by atoms with E-state index in [1.165, 1.54) is 19.3 Å². The van der Waals surface area contributed by atoms with Gasteiger partial charge in [-0.05, 0) is 57.4 Å². The van der Waals surface area contributed by atoms with Crippen molar-refractivity contribution in [2.75, 3.05) is 0 Å². The second-order valence-electron chi connectivity index (χ2n) is 6.96. The zero-order chi connectivity index (χ0) is 15.0. The number of fused-ring (bicyclic) bond motifs is 2. The maximum Gasteiger partial charge on any atom is 0.272 e. The molecule has 2 fully saturated rings. The fourth-order valence-corrected chi connectivity index (χ4v) is 4.00. The van der Waals surface area contributed by atoms with Crippen LogP contribution in [0.15, 0.2) is 12.3 Å². The number of nitrogens with two attached hydrogens (primary N) is 1. The van der Waals surface area contributed by atoms with Gasteiger partial charge in [-0.2, -0.15) is 5.10 Å². The summed E-state index contributed by atoms with van der Waals surface area (Å²) in [7, 11) is 0. The molecule has 1 heterocycles. The number of amides is 1. The zero-order valence-corrected chi connectivity index (χ0v) is 14.2. The van der Waals surface area contributed by atoms with Crippen LogP contribution in [-0.2, 0) is 0 Å². The number of nitrogens with one attached hydrogen (secondary N) is 1. The smallest absolute Gasteiger partial charge is 0.272 e. The highest BCUT2D eigenvalue weighted by atomic mass is 35.5. The van der Waals surface area contributed by atoms with Gasteiger partial charge in [0.25, 0.3) is 5.91 Å². The standard InChI is InChI=1S/C16H26N4O.ClH/c1-10(2)20-7-6-14(19-20)16(21)18-15-11-4-3-5-12(15)9-13(17)8-11;/h6-7,10-13,15H,3-5,8-9,17H2,1-2H3,(H,18,21);1H. The number of rotatable bonds is 3. The number of hydrogen-bond acceptors (Lipinski definition) is 3. The van der Waals surface area contributed by atoms with Crippen molar-refractivity contribution in [1.29, 1.82) is 0 Å². The molecule has 22 heavy (non-hydrogen) atoms. The Morgan fingerprint density at radius 1 is 1.36 bits per heavy atom. The number of nitrogens with zero attached hydrogens (tertiary/aromatic N) is 2. The third-order valence-corrected chi connectivity index (χ3v) is 5.04. The minimum Gasteiger partial charge on any atom is -0.347 e. The zero-order valence-electron chi connectivity index (χ0n) is 13.4. The number of carbonyl (C=O) groups excluding carboxylic acids is 1. The Morgan fingerprint density at radius 3 is 2.55 bits per heavy atom. The molecule has 0 aliphatic heterocycles. The average molecular weight is 327 g/mol. The summed E-state index contributed by atoms with van der Waals surface area (Å²) in [6.07, 6.45) is 7.61. The molecular weight excluding hydrogens is 300 g/mol. The first-order valence-corrected chi connectivity index (χ1v) is 8.16. The predicted octanol–water partition coefficient (Wildman–Crippen LogP) is 2.52. The lowest BCUT2D eigenvalue weighted by Gasteiger charge is -2.45. The molecule has 2 unspecified atom stereocenters. The summed E-state index contributed by atoms with van der Waals surface area (Å²) in [6, 6.07) is 2.68. The van der Waals surface area contributed by atoms with Gasteiger partial charge in [0.1, 0.15) is 5.69 Å². The van der Waals surface area contributed by atoms with Gasteiger partial charge in [0, 0.05) is 24.3 Å². The summed E-state index contributed by atoms with van der Waals surface area (Å²) in [6.45, 7) is 4.11. The van der Waals surface area contributed by atoms with E-state index in [1.807, 2.05) is 10.9 Å². The Bertz CT molecular complexity index is 502. The molecule has 0 saturated heterocycles. The number of hydrogen-bond donors (Lipinski definition) is 2. The molecule has 6 heteroatoms. The lowest BCUT2D eigenvalue weighted by atomic mass is 9.67. The molecule has 0 radical (unpaired) electrons. The molecule has 1 aromatic heterocycles. The van der Waals surface area contributed by atoms with E-state index >= 15 is 0 Å². The van der Waals surface area contributed by atoms with E-state index in [0.717, 1.165) is 12.8 Å². The molecule has 0 spiro atoms. The molecule has 2 bridgehead atoms. The summed E-state index contributed by atoms with van der Waals surface area (Å²) < 4.78 is 1.83. The van der Waals surface area contributed by atoms with Crippen molar-refractivity contribution < 1.29 is 4.79 Å². The van der Waals surface area contributed by atoms with E-state index in [0.29, 0.717) is 23.6 Å². The maximum atomic E-state index is 12.4. The number of halogens is 1. The summed E-state index contributed by atoms with van der Waals surface area (Å²) in [5.41, 5.74) is 6.66. The molecular formula is C16H27ClN4O. The van der Waals surface area contributed by atoms with Gasteiger partial charge < -0.3 is 11.1 Å². The van der Waals surface area contributed by atoms with Gasteiger partial charge in [0.05, 0.1) is 0 Å². The van der Waals surface area contributed by atoms with Crippen molar-refractivity contribution in [2.45, 2.75) is 64.1 Å². The minimum atomic E-state index is -0.0354. The molecule has 1 aromatic rings. The highest BCUT2D eigenvalue weighted by molar-refractivity contribution is 5.92. The topological polar surface area (TPSA) is 72.9 Å². The Balaban J connectivity index is 0.00000176. The molecule has 1 amide bonds. The van der Waals surface area contributed by atoms with E-state index in [4.69, 9.17) is 5.73 Å². The van der Waals surface area contributed by atoms with E-state index in [2.05, 4.69) is 24.3 Å². The van der Waals surface area contributed by atoms with E-state index in [1.54, 1.807) is 6.07 Å². The van der Waals surface area contributed by atoms with Crippen LogP contribution in [0.1, 0.15) is 62.5 Å². The fraction of sp³-hybridized carbons (Fsp3) is 0.750.